The number of nitrogens with zero attached hydrogens (tertiary/aromatic N) is 3. The Bertz CT molecular complexity index is 650. The molecule has 0 fully saturated rings. The zero-order chi connectivity index (χ0) is 14.9. The molecule has 2 aromatic rings. The van der Waals surface area contributed by atoms with Gasteiger partial charge in [-0.2, -0.15) is 23.5 Å². The van der Waals surface area contributed by atoms with Gasteiger partial charge in [-0.3, -0.25) is 4.68 Å². The van der Waals surface area contributed by atoms with Crippen LogP contribution in [0, 0.1) is 11.3 Å². The quantitative estimate of drug-likeness (QED) is 0.919. The van der Waals surface area contributed by atoms with Crippen LogP contribution in [0.15, 0.2) is 30.5 Å². The monoisotopic (exact) mass is 280 g/mol. The lowest BCUT2D eigenvalue weighted by molar-refractivity contribution is -0.140. The SMILES string of the molecule is C[C@H](c1ccc(C#N)cc1)n1cc(N)c(C(F)(F)F)n1. The number of benzene rings is 1. The summed E-state index contributed by atoms with van der Waals surface area (Å²) >= 11 is 0. The minimum absolute atomic E-state index is 0.405. The molecule has 0 bridgehead atoms. The van der Waals surface area contributed by atoms with Crippen molar-refractivity contribution in [3.05, 3.63) is 47.3 Å². The maximum Gasteiger partial charge on any atom is 0.437 e. The number of hydrogen-bond acceptors (Lipinski definition) is 3. The van der Waals surface area contributed by atoms with E-state index in [0.717, 1.165) is 11.8 Å². The number of aromatic nitrogens is 2. The molecule has 1 atom stereocenters. The molecule has 2 rings (SSSR count). The zero-order valence-electron chi connectivity index (χ0n) is 10.5. The van der Waals surface area contributed by atoms with Gasteiger partial charge < -0.3 is 5.73 Å². The van der Waals surface area contributed by atoms with Crippen molar-refractivity contribution in [2.75, 3.05) is 5.73 Å². The highest BCUT2D eigenvalue weighted by Gasteiger charge is 2.37. The van der Waals surface area contributed by atoms with Gasteiger partial charge in [-0.1, -0.05) is 12.1 Å². The lowest BCUT2D eigenvalue weighted by Crippen LogP contribution is -2.12. The molecule has 7 heteroatoms. The normalized spacial score (nSPS) is 12.9. The summed E-state index contributed by atoms with van der Waals surface area (Å²) in [6.45, 7) is 1.70. The predicted octanol–water partition coefficient (Wildman–Crippen LogP) is 2.97. The standard InChI is InChI=1S/C13H11F3N4/c1-8(10-4-2-9(6-17)3-5-10)20-7-11(18)12(19-20)13(14,15)16/h2-5,7-8H,18H2,1H3/t8-/m1/s1. The summed E-state index contributed by atoms with van der Waals surface area (Å²) in [5.74, 6) is 0. The first-order valence-corrected chi connectivity index (χ1v) is 5.75. The van der Waals surface area contributed by atoms with Gasteiger partial charge in [0.05, 0.1) is 23.4 Å². The van der Waals surface area contributed by atoms with E-state index in [0.29, 0.717) is 5.56 Å². The molecule has 20 heavy (non-hydrogen) atoms. The van der Waals surface area contributed by atoms with E-state index in [1.807, 2.05) is 6.07 Å². The highest BCUT2D eigenvalue weighted by Crippen LogP contribution is 2.33. The molecule has 1 aromatic carbocycles. The van der Waals surface area contributed by atoms with Crippen molar-refractivity contribution in [1.82, 2.24) is 9.78 Å². The molecule has 0 radical (unpaired) electrons. The lowest BCUT2D eigenvalue weighted by atomic mass is 10.1. The van der Waals surface area contributed by atoms with Gasteiger partial charge in [0.2, 0.25) is 0 Å². The molecule has 1 aromatic heterocycles. The van der Waals surface area contributed by atoms with E-state index in [-0.39, 0.29) is 0 Å². The van der Waals surface area contributed by atoms with Crippen molar-refractivity contribution in [3.63, 3.8) is 0 Å². The second-order valence-corrected chi connectivity index (χ2v) is 4.32. The van der Waals surface area contributed by atoms with Crippen molar-refractivity contribution in [1.29, 1.82) is 5.26 Å². The van der Waals surface area contributed by atoms with Crippen LogP contribution in [-0.2, 0) is 6.18 Å². The smallest absolute Gasteiger partial charge is 0.396 e. The van der Waals surface area contributed by atoms with Crippen molar-refractivity contribution < 1.29 is 13.2 Å². The van der Waals surface area contributed by atoms with Crippen LogP contribution in [-0.4, -0.2) is 9.78 Å². The Morgan fingerprint density at radius 2 is 1.90 bits per heavy atom. The molecule has 0 aliphatic rings. The van der Waals surface area contributed by atoms with E-state index in [4.69, 9.17) is 11.0 Å². The van der Waals surface area contributed by atoms with Gasteiger partial charge in [-0.15, -0.1) is 0 Å². The van der Waals surface area contributed by atoms with Gasteiger partial charge >= 0.3 is 6.18 Å². The third-order valence-corrected chi connectivity index (χ3v) is 2.95. The molecule has 0 amide bonds. The Labute approximate surface area is 113 Å². The van der Waals surface area contributed by atoms with Crippen LogP contribution in [0.25, 0.3) is 0 Å². The number of hydrogen-bond donors (Lipinski definition) is 1. The first-order valence-electron chi connectivity index (χ1n) is 5.75. The van der Waals surface area contributed by atoms with E-state index in [2.05, 4.69) is 5.10 Å². The third kappa shape index (κ3) is 2.59. The van der Waals surface area contributed by atoms with Gasteiger partial charge in [-0.05, 0) is 24.6 Å². The minimum atomic E-state index is -4.57. The second kappa shape index (κ2) is 4.89. The Hall–Kier alpha value is -2.49. The Balaban J connectivity index is 2.34. The number of halogens is 3. The molecule has 2 N–H and O–H groups in total. The fourth-order valence-corrected chi connectivity index (χ4v) is 1.81. The van der Waals surface area contributed by atoms with Crippen LogP contribution in [0.2, 0.25) is 0 Å². The number of anilines is 1. The average molecular weight is 280 g/mol. The third-order valence-electron chi connectivity index (χ3n) is 2.95. The van der Waals surface area contributed by atoms with Gasteiger partial charge in [-0.25, -0.2) is 0 Å². The summed E-state index contributed by atoms with van der Waals surface area (Å²) < 4.78 is 39.1. The number of rotatable bonds is 2. The maximum absolute atomic E-state index is 12.6. The van der Waals surface area contributed by atoms with Crippen LogP contribution >= 0.6 is 0 Å². The predicted molar refractivity (Wildman–Crippen MR) is 66.6 cm³/mol. The molecular weight excluding hydrogens is 269 g/mol. The van der Waals surface area contributed by atoms with Gasteiger partial charge in [0.15, 0.2) is 5.69 Å². The summed E-state index contributed by atoms with van der Waals surface area (Å²) in [6.07, 6.45) is -3.41. The fourth-order valence-electron chi connectivity index (χ4n) is 1.81. The van der Waals surface area contributed by atoms with Gasteiger partial charge in [0.1, 0.15) is 0 Å². The Morgan fingerprint density at radius 3 is 2.35 bits per heavy atom. The molecule has 0 spiro atoms. The van der Waals surface area contributed by atoms with E-state index in [1.54, 1.807) is 31.2 Å². The second-order valence-electron chi connectivity index (χ2n) is 4.32. The molecule has 0 unspecified atom stereocenters. The van der Waals surface area contributed by atoms with Crippen LogP contribution in [0.5, 0.6) is 0 Å². The first kappa shape index (κ1) is 13.9. The minimum Gasteiger partial charge on any atom is -0.396 e. The Morgan fingerprint density at radius 1 is 1.30 bits per heavy atom. The highest BCUT2D eigenvalue weighted by atomic mass is 19.4. The number of nitrogen functional groups attached to an aromatic ring is 1. The number of nitriles is 1. The molecule has 0 aliphatic heterocycles. The zero-order valence-corrected chi connectivity index (χ0v) is 10.5. The van der Waals surface area contributed by atoms with E-state index >= 15 is 0 Å². The number of alkyl halides is 3. The van der Waals surface area contributed by atoms with Crippen LogP contribution < -0.4 is 5.73 Å². The summed E-state index contributed by atoms with van der Waals surface area (Å²) in [7, 11) is 0. The topological polar surface area (TPSA) is 67.6 Å². The van der Waals surface area contributed by atoms with Gasteiger partial charge in [0.25, 0.3) is 0 Å². The first-order chi connectivity index (χ1) is 9.32. The molecule has 104 valence electrons. The van der Waals surface area contributed by atoms with Crippen molar-refractivity contribution >= 4 is 5.69 Å². The Kier molecular flexibility index (Phi) is 3.40. The molecule has 0 saturated carbocycles. The lowest BCUT2D eigenvalue weighted by Gasteiger charge is -2.12. The molecule has 0 saturated heterocycles. The molecular formula is C13H11F3N4. The summed E-state index contributed by atoms with van der Waals surface area (Å²) in [6, 6.07) is 8.11. The molecule has 1 heterocycles. The van der Waals surface area contributed by atoms with Crippen molar-refractivity contribution in [3.8, 4) is 6.07 Å². The van der Waals surface area contributed by atoms with Crippen LogP contribution in [0.3, 0.4) is 0 Å². The maximum atomic E-state index is 12.6. The van der Waals surface area contributed by atoms with Crippen LogP contribution in [0.4, 0.5) is 18.9 Å². The summed E-state index contributed by atoms with van der Waals surface area (Å²) in [4.78, 5) is 0. The summed E-state index contributed by atoms with van der Waals surface area (Å²) in [5.41, 5.74) is 5.07. The van der Waals surface area contributed by atoms with Crippen molar-refractivity contribution in [2.24, 2.45) is 0 Å². The number of nitrogens with two attached hydrogens (primary N) is 1. The van der Waals surface area contributed by atoms with E-state index in [1.165, 1.54) is 4.68 Å². The van der Waals surface area contributed by atoms with E-state index < -0.39 is 23.6 Å². The molecule has 4 nitrogen and oxygen atoms in total. The van der Waals surface area contributed by atoms with E-state index in [9.17, 15) is 13.2 Å². The summed E-state index contributed by atoms with van der Waals surface area (Å²) in [5, 5.41) is 12.2. The fraction of sp³-hybridized carbons (Fsp3) is 0.231. The molecule has 0 aliphatic carbocycles. The average Bonchev–Trinajstić information content (AvgIpc) is 2.80. The van der Waals surface area contributed by atoms with Gasteiger partial charge in [0, 0.05) is 6.20 Å². The van der Waals surface area contributed by atoms with Crippen molar-refractivity contribution in [2.45, 2.75) is 19.1 Å². The van der Waals surface area contributed by atoms with Crippen LogP contribution in [0.1, 0.15) is 29.8 Å². The largest absolute Gasteiger partial charge is 0.437 e. The highest BCUT2D eigenvalue weighted by molar-refractivity contribution is 5.43.